The van der Waals surface area contributed by atoms with Crippen LogP contribution < -0.4 is 5.32 Å². The van der Waals surface area contributed by atoms with Crippen molar-refractivity contribution < 1.29 is 0 Å². The highest BCUT2D eigenvalue weighted by molar-refractivity contribution is 8.01. The van der Waals surface area contributed by atoms with Crippen molar-refractivity contribution in [3.8, 4) is 0 Å². The third-order valence-electron chi connectivity index (χ3n) is 2.46. The maximum absolute atomic E-state index is 3.50. The van der Waals surface area contributed by atoms with Gasteiger partial charge in [0, 0.05) is 17.0 Å². The molecule has 0 aliphatic heterocycles. The molecule has 3 heteroatoms. The second-order valence-electron chi connectivity index (χ2n) is 5.28. The molecule has 1 nitrogen and oxygen atoms in total. The summed E-state index contributed by atoms with van der Waals surface area (Å²) in [6.07, 6.45) is 0. The zero-order valence-corrected chi connectivity index (χ0v) is 12.7. The molecule has 1 aromatic heterocycles. The lowest BCUT2D eigenvalue weighted by Crippen LogP contribution is -2.35. The molecule has 1 heterocycles. The molecule has 2 aromatic rings. The first kappa shape index (κ1) is 13.7. The largest absolute Gasteiger partial charge is 0.308 e. The van der Waals surface area contributed by atoms with Crippen LogP contribution in [0.5, 0.6) is 0 Å². The molecule has 0 bridgehead atoms. The molecule has 0 saturated heterocycles. The fourth-order valence-electron chi connectivity index (χ4n) is 1.48. The molecule has 0 spiro atoms. The molecule has 0 fully saturated rings. The van der Waals surface area contributed by atoms with Gasteiger partial charge in [0.05, 0.1) is 4.21 Å². The topological polar surface area (TPSA) is 12.0 Å². The number of rotatable bonds is 4. The highest BCUT2D eigenvalue weighted by Gasteiger charge is 2.08. The van der Waals surface area contributed by atoms with E-state index in [4.69, 9.17) is 0 Å². The number of thiophene rings is 1. The minimum Gasteiger partial charge on any atom is -0.308 e. The van der Waals surface area contributed by atoms with E-state index in [0.717, 1.165) is 6.54 Å². The molecule has 1 N–H and O–H groups in total. The van der Waals surface area contributed by atoms with Crippen LogP contribution in [-0.4, -0.2) is 5.54 Å². The fraction of sp³-hybridized carbons (Fsp3) is 0.333. The van der Waals surface area contributed by atoms with Gasteiger partial charge < -0.3 is 5.32 Å². The molecule has 0 unspecified atom stereocenters. The van der Waals surface area contributed by atoms with Crippen molar-refractivity contribution in [3.05, 3.63) is 47.3 Å². The molecule has 0 aliphatic carbocycles. The van der Waals surface area contributed by atoms with Crippen molar-refractivity contribution in [1.29, 1.82) is 0 Å². The summed E-state index contributed by atoms with van der Waals surface area (Å²) in [6, 6.07) is 13.1. The van der Waals surface area contributed by atoms with E-state index in [0.29, 0.717) is 0 Å². The van der Waals surface area contributed by atoms with Crippen molar-refractivity contribution in [1.82, 2.24) is 5.32 Å². The molecule has 96 valence electrons. The SMILES string of the molecule is CC(C)(C)NCc1ccc(Sc2cccs2)cc1. The molecule has 0 atom stereocenters. The zero-order valence-electron chi connectivity index (χ0n) is 11.1. The van der Waals surface area contributed by atoms with E-state index in [-0.39, 0.29) is 5.54 Å². The van der Waals surface area contributed by atoms with E-state index < -0.39 is 0 Å². The van der Waals surface area contributed by atoms with Crippen LogP contribution in [0.25, 0.3) is 0 Å². The molecule has 0 saturated carbocycles. The second-order valence-corrected chi connectivity index (χ2v) is 7.60. The Balaban J connectivity index is 1.93. The third kappa shape index (κ3) is 4.48. The summed E-state index contributed by atoms with van der Waals surface area (Å²) in [5.74, 6) is 0. The van der Waals surface area contributed by atoms with Crippen molar-refractivity contribution in [2.45, 2.75) is 42.0 Å². The first-order chi connectivity index (χ1) is 8.53. The Morgan fingerprint density at radius 3 is 2.39 bits per heavy atom. The molecular formula is C15H19NS2. The van der Waals surface area contributed by atoms with Crippen molar-refractivity contribution in [3.63, 3.8) is 0 Å². The van der Waals surface area contributed by atoms with E-state index in [1.807, 2.05) is 11.8 Å². The minimum absolute atomic E-state index is 0.171. The monoisotopic (exact) mass is 277 g/mol. The van der Waals surface area contributed by atoms with Gasteiger partial charge in [-0.2, -0.15) is 0 Å². The predicted molar refractivity (Wildman–Crippen MR) is 81.5 cm³/mol. The molecule has 0 radical (unpaired) electrons. The van der Waals surface area contributed by atoms with Gasteiger partial charge in [0.1, 0.15) is 0 Å². The summed E-state index contributed by atoms with van der Waals surface area (Å²) in [7, 11) is 0. The lowest BCUT2D eigenvalue weighted by atomic mass is 10.1. The van der Waals surface area contributed by atoms with Crippen molar-refractivity contribution >= 4 is 23.1 Å². The van der Waals surface area contributed by atoms with Gasteiger partial charge in [0.2, 0.25) is 0 Å². The smallest absolute Gasteiger partial charge is 0.0646 e. The zero-order chi connectivity index (χ0) is 13.0. The summed E-state index contributed by atoms with van der Waals surface area (Å²) in [5.41, 5.74) is 1.50. The highest BCUT2D eigenvalue weighted by Crippen LogP contribution is 2.31. The molecular weight excluding hydrogens is 258 g/mol. The minimum atomic E-state index is 0.171. The number of nitrogens with one attached hydrogen (secondary N) is 1. The van der Waals surface area contributed by atoms with E-state index in [1.54, 1.807) is 11.3 Å². The first-order valence-corrected chi connectivity index (χ1v) is 7.78. The van der Waals surface area contributed by atoms with Gasteiger partial charge >= 0.3 is 0 Å². The van der Waals surface area contributed by atoms with Gasteiger partial charge in [0.15, 0.2) is 0 Å². The van der Waals surface area contributed by atoms with Crippen LogP contribution in [0, 0.1) is 0 Å². The van der Waals surface area contributed by atoms with Crippen LogP contribution in [0.3, 0.4) is 0 Å². The predicted octanol–water partition coefficient (Wildman–Crippen LogP) is 4.79. The molecule has 0 amide bonds. The van der Waals surface area contributed by atoms with Gasteiger partial charge in [-0.05, 0) is 49.9 Å². The van der Waals surface area contributed by atoms with E-state index >= 15 is 0 Å². The van der Waals surface area contributed by atoms with Crippen LogP contribution in [0.1, 0.15) is 26.3 Å². The molecule has 18 heavy (non-hydrogen) atoms. The fourth-order valence-corrected chi connectivity index (χ4v) is 3.23. The Morgan fingerprint density at radius 2 is 1.83 bits per heavy atom. The van der Waals surface area contributed by atoms with E-state index in [9.17, 15) is 0 Å². The first-order valence-electron chi connectivity index (χ1n) is 6.08. The van der Waals surface area contributed by atoms with Crippen LogP contribution in [0.2, 0.25) is 0 Å². The summed E-state index contributed by atoms with van der Waals surface area (Å²) in [5, 5.41) is 5.61. The average molecular weight is 277 g/mol. The summed E-state index contributed by atoms with van der Waals surface area (Å²) >= 11 is 3.61. The van der Waals surface area contributed by atoms with Crippen LogP contribution >= 0.6 is 23.1 Å². The van der Waals surface area contributed by atoms with Crippen molar-refractivity contribution in [2.24, 2.45) is 0 Å². The summed E-state index contributed by atoms with van der Waals surface area (Å²) in [6.45, 7) is 7.49. The maximum atomic E-state index is 3.50. The van der Waals surface area contributed by atoms with Gasteiger partial charge in [-0.3, -0.25) is 0 Å². The van der Waals surface area contributed by atoms with Crippen molar-refractivity contribution in [2.75, 3.05) is 0 Å². The van der Waals surface area contributed by atoms with Gasteiger partial charge in [-0.1, -0.05) is 30.0 Å². The number of benzene rings is 1. The Morgan fingerprint density at radius 1 is 1.11 bits per heavy atom. The Labute approximate surface area is 118 Å². The van der Waals surface area contributed by atoms with E-state index in [2.05, 4.69) is 67.9 Å². The Kier molecular flexibility index (Phi) is 4.49. The summed E-state index contributed by atoms with van der Waals surface area (Å²) in [4.78, 5) is 1.30. The standard InChI is InChI=1S/C15H19NS2/c1-15(2,3)16-11-12-6-8-13(9-7-12)18-14-5-4-10-17-14/h4-10,16H,11H2,1-3H3. The van der Waals surface area contributed by atoms with Crippen LogP contribution in [0.15, 0.2) is 50.9 Å². The second kappa shape index (κ2) is 5.91. The molecule has 2 rings (SSSR count). The van der Waals surface area contributed by atoms with Gasteiger partial charge in [-0.25, -0.2) is 0 Å². The highest BCUT2D eigenvalue weighted by atomic mass is 32.2. The molecule has 1 aromatic carbocycles. The Hall–Kier alpha value is -0.770. The third-order valence-corrected chi connectivity index (χ3v) is 4.51. The maximum Gasteiger partial charge on any atom is 0.0646 e. The lowest BCUT2D eigenvalue weighted by molar-refractivity contribution is 0.424. The van der Waals surface area contributed by atoms with E-state index in [1.165, 1.54) is 14.7 Å². The normalized spacial score (nSPS) is 11.7. The average Bonchev–Trinajstić information content (AvgIpc) is 2.80. The van der Waals surface area contributed by atoms with Gasteiger partial charge in [-0.15, -0.1) is 11.3 Å². The quantitative estimate of drug-likeness (QED) is 0.862. The number of hydrogen-bond acceptors (Lipinski definition) is 3. The Bertz CT molecular complexity index is 466. The lowest BCUT2D eigenvalue weighted by Gasteiger charge is -2.20. The van der Waals surface area contributed by atoms with Gasteiger partial charge in [0.25, 0.3) is 0 Å². The number of hydrogen-bond donors (Lipinski definition) is 1. The van der Waals surface area contributed by atoms with Crippen LogP contribution in [-0.2, 0) is 6.54 Å². The molecule has 0 aliphatic rings. The van der Waals surface area contributed by atoms with Crippen LogP contribution in [0.4, 0.5) is 0 Å². The summed E-state index contributed by atoms with van der Waals surface area (Å²) < 4.78 is 1.34.